The summed E-state index contributed by atoms with van der Waals surface area (Å²) in [6, 6.07) is 0. The van der Waals surface area contributed by atoms with Crippen molar-refractivity contribution in [1.29, 1.82) is 0 Å². The molecule has 0 radical (unpaired) electrons. The molecule has 0 spiro atoms. The molecule has 322 valence electrons. The number of aliphatic imine (C=N–C) groups is 4. The van der Waals surface area contributed by atoms with Crippen LogP contribution in [-0.2, 0) is 51.4 Å². The maximum Gasteiger partial charge on any atom is 2.00 e. The molecule has 8 heterocycles. The van der Waals surface area contributed by atoms with Gasteiger partial charge in [-0.2, -0.15) is 0 Å². The summed E-state index contributed by atoms with van der Waals surface area (Å²) in [5.74, 6) is 4.05. The Labute approximate surface area is 365 Å². The molecule has 0 N–H and O–H groups in total. The van der Waals surface area contributed by atoms with Crippen LogP contribution in [0.5, 0.6) is 0 Å². The fourth-order valence-electron chi connectivity index (χ4n) is 5.77. The van der Waals surface area contributed by atoms with Crippen LogP contribution in [0.25, 0.3) is 21.3 Å². The molecule has 0 amide bonds. The molecule has 25 heteroatoms. The Morgan fingerprint density at radius 1 is 0.464 bits per heavy atom. The first-order valence-corrected chi connectivity index (χ1v) is 20.8. The first kappa shape index (κ1) is 56.6. The summed E-state index contributed by atoms with van der Waals surface area (Å²) in [6.07, 6.45) is 9.66. The number of guanidine groups is 4. The fraction of sp³-hybridized carbons (Fsp3) is 0.806. The van der Waals surface area contributed by atoms with Gasteiger partial charge in [-0.25, -0.2) is 0 Å². The van der Waals surface area contributed by atoms with E-state index < -0.39 is 7.81 Å². The zero-order valence-corrected chi connectivity index (χ0v) is 39.4. The van der Waals surface area contributed by atoms with Crippen molar-refractivity contribution in [3.05, 3.63) is 34.6 Å². The van der Waals surface area contributed by atoms with Gasteiger partial charge in [0.2, 0.25) is 0 Å². The van der Waals surface area contributed by atoms with Crippen molar-refractivity contribution in [2.45, 2.75) is 51.4 Å². The van der Waals surface area contributed by atoms with Gasteiger partial charge in [0, 0.05) is 44.9 Å². The summed E-state index contributed by atoms with van der Waals surface area (Å²) in [5.41, 5.74) is 0. The van der Waals surface area contributed by atoms with Crippen LogP contribution in [0.15, 0.2) is 20.0 Å². The van der Waals surface area contributed by atoms with E-state index in [4.69, 9.17) is 32.5 Å². The summed E-state index contributed by atoms with van der Waals surface area (Å²) in [5, 5.41) is 17.5. The molecule has 4 saturated heterocycles. The molecule has 14 nitrogen and oxygen atoms in total. The monoisotopic (exact) mass is 1210 g/mol. The Bertz CT molecular complexity index is 1100. The van der Waals surface area contributed by atoms with Gasteiger partial charge in [-0.3, -0.25) is 0 Å². The Balaban J connectivity index is 0. The van der Waals surface area contributed by atoms with Crippen LogP contribution in [-0.4, -0.2) is 153 Å². The van der Waals surface area contributed by atoms with E-state index in [-0.39, 0.29) is 47.5 Å². The van der Waals surface area contributed by atoms with Crippen LogP contribution in [0.1, 0.15) is 51.4 Å². The van der Waals surface area contributed by atoms with Crippen LogP contribution < -0.4 is 0 Å². The molecule has 0 aromatic heterocycles. The van der Waals surface area contributed by atoms with Crippen molar-refractivity contribution < 1.29 is 76.6 Å². The van der Waals surface area contributed by atoms with Crippen LogP contribution in [0, 0.1) is 13.3 Å². The Morgan fingerprint density at radius 3 is 0.786 bits per heavy atom. The molecule has 0 aliphatic carbocycles. The van der Waals surface area contributed by atoms with Crippen molar-refractivity contribution in [3.8, 4) is 0 Å². The van der Waals surface area contributed by atoms with Crippen LogP contribution in [0.3, 0.4) is 0 Å². The summed E-state index contributed by atoms with van der Waals surface area (Å²) < 4.78 is 74.2. The van der Waals surface area contributed by atoms with Gasteiger partial charge in [0.15, 0.2) is 0 Å². The van der Waals surface area contributed by atoms with Crippen LogP contribution >= 0.6 is 31.0 Å². The number of hydrogen-bond acceptors (Lipinski definition) is 8. The predicted molar refractivity (Wildman–Crippen MR) is 203 cm³/mol. The number of alkyl halides is 2. The molecule has 0 atom stereocenters. The van der Waals surface area contributed by atoms with E-state index in [0.29, 0.717) is 0 Å². The average molecular weight is 1210 g/mol. The van der Waals surface area contributed by atoms with E-state index in [1.54, 1.807) is 0 Å². The van der Waals surface area contributed by atoms with Crippen molar-refractivity contribution in [2.75, 3.05) is 110 Å². The summed E-state index contributed by atoms with van der Waals surface area (Å²) in [7, 11) is -10.7. The van der Waals surface area contributed by atoms with E-state index in [2.05, 4.69) is 74.1 Å². The number of nitrogens with zero attached hydrogens (tertiary/aromatic N) is 12. The van der Waals surface area contributed by atoms with Gasteiger partial charge in [0.25, 0.3) is 0 Å². The minimum Gasteiger partial charge on any atom is 0 e. The van der Waals surface area contributed by atoms with Crippen LogP contribution in [0.4, 0.5) is 25.2 Å². The molecule has 4 fully saturated rings. The minimum absolute atomic E-state index is 0. The van der Waals surface area contributed by atoms with Gasteiger partial charge in [-0.05, 0) is 156 Å². The third-order valence-electron chi connectivity index (χ3n) is 7.85. The summed E-state index contributed by atoms with van der Waals surface area (Å²) in [4.78, 5) is 26.4. The zero-order valence-electron chi connectivity index (χ0n) is 31.1. The molecular weight excluding hydrogens is 1160 g/mol. The summed E-state index contributed by atoms with van der Waals surface area (Å²) >= 11 is 9.53. The van der Waals surface area contributed by atoms with E-state index >= 15 is 0 Å². The normalized spacial score (nSPS) is 21.0. The quantitative estimate of drug-likeness (QED) is 0.0791. The number of halogens is 8. The molecule has 8 rings (SSSR count). The standard InChI is InChI=1S/4C7H12N3.CH2Cl2.2CO.F6P.2W/c4*1-3-8-7-9-4-2-6-10(7)5-1;2-1-3;2*1-2;1-7(2,3,4,5)6;;/h4*1-6H2;1H2;;;;;/q4*-1;;;;-1;;+2. The second kappa shape index (κ2) is 29.7. The first-order chi connectivity index (χ1) is 25.7. The molecule has 0 aromatic rings. The Hall–Kier alpha value is -1.47. The fourth-order valence-corrected chi connectivity index (χ4v) is 5.77. The number of fused-ring (bicyclic) bond motifs is 4. The van der Waals surface area contributed by atoms with Crippen molar-refractivity contribution >= 4 is 54.8 Å². The second-order valence-electron chi connectivity index (χ2n) is 12.1. The third kappa shape index (κ3) is 28.0. The van der Waals surface area contributed by atoms with E-state index in [9.17, 15) is 25.2 Å². The molecule has 56 heavy (non-hydrogen) atoms. The minimum atomic E-state index is -10.7. The Morgan fingerprint density at radius 2 is 0.625 bits per heavy atom. The topological polar surface area (TPSA) is 159 Å². The molecule has 0 saturated carbocycles. The van der Waals surface area contributed by atoms with Gasteiger partial charge in [-0.1, -0.05) is 0 Å². The number of rotatable bonds is 0. The van der Waals surface area contributed by atoms with Gasteiger partial charge < -0.3 is 60.8 Å². The molecule has 0 unspecified atom stereocenters. The van der Waals surface area contributed by atoms with Gasteiger partial charge in [0.1, 0.15) is 0 Å². The molecule has 8 aliphatic heterocycles. The van der Waals surface area contributed by atoms with E-state index in [1.807, 2.05) is 0 Å². The number of hydrogen-bond donors (Lipinski definition) is 0. The second-order valence-corrected chi connectivity index (χ2v) is 14.8. The van der Waals surface area contributed by atoms with Gasteiger partial charge in [0.05, 0.1) is 5.34 Å². The maximum absolute atomic E-state index is 10.7. The maximum atomic E-state index is 9.87. The average Bonchev–Trinajstić information content (AvgIpc) is 3.19. The van der Waals surface area contributed by atoms with Crippen LogP contribution in [0.2, 0.25) is 0 Å². The molecule has 0 bridgehead atoms. The van der Waals surface area contributed by atoms with Gasteiger partial charge >= 0.3 is 76.7 Å². The largest absolute Gasteiger partial charge is 2.00 e. The van der Waals surface area contributed by atoms with Crippen molar-refractivity contribution in [3.63, 3.8) is 0 Å². The molecule has 0 aromatic carbocycles. The third-order valence-corrected chi connectivity index (χ3v) is 7.85. The van der Waals surface area contributed by atoms with Gasteiger partial charge in [-0.15, -0.1) is 23.2 Å². The van der Waals surface area contributed by atoms with Crippen molar-refractivity contribution in [2.24, 2.45) is 20.0 Å². The zero-order chi connectivity index (χ0) is 40.4. The summed E-state index contributed by atoms with van der Waals surface area (Å²) in [6.45, 7) is 26.2. The molecule has 8 aliphatic rings. The van der Waals surface area contributed by atoms with E-state index in [0.717, 1.165) is 76.2 Å². The van der Waals surface area contributed by atoms with E-state index in [1.165, 1.54) is 104 Å². The van der Waals surface area contributed by atoms with Crippen molar-refractivity contribution in [1.82, 2.24) is 19.6 Å². The predicted octanol–water partition coefficient (Wildman–Crippen LogP) is 8.03. The SMILES string of the molecule is C1CN=C2[N-]CCCN2C1.C1CN=C2[N-]CCCN2C1.C1CN=C2[N-]CCCN2C1.C1CN=C2[N-]CCCN2C1.ClCCl.F[P-](F)(F)(F)(F)F.[C-]#[O+].[C-]#[O+].[W+2].[W]. The molecular formula is C31H50Cl2F6N12O2PW2-3. The first-order valence-electron chi connectivity index (χ1n) is 17.7. The smallest absolute Gasteiger partial charge is 0 e. The Kier molecular flexibility index (Phi) is 30.0.